The monoisotopic (exact) mass is 452 g/mol. The quantitative estimate of drug-likeness (QED) is 0.381. The van der Waals surface area contributed by atoms with E-state index in [0.717, 1.165) is 12.7 Å². The third-order valence-electron chi connectivity index (χ3n) is 4.73. The highest BCUT2D eigenvalue weighted by Crippen LogP contribution is 2.18. The van der Waals surface area contributed by atoms with Crippen LogP contribution < -0.4 is 15.5 Å². The molecule has 1 amide bonds. The van der Waals surface area contributed by atoms with Crippen molar-refractivity contribution in [2.45, 2.75) is 19.6 Å². The highest BCUT2D eigenvalue weighted by Gasteiger charge is 2.26. The molecule has 0 unspecified atom stereocenters. The number of ether oxygens (including phenoxy) is 2. The van der Waals surface area contributed by atoms with Gasteiger partial charge in [0.2, 0.25) is 5.43 Å². The minimum Gasteiger partial charge on any atom is -0.482 e. The van der Waals surface area contributed by atoms with Gasteiger partial charge in [-0.05, 0) is 23.3 Å². The van der Waals surface area contributed by atoms with Gasteiger partial charge in [-0.3, -0.25) is 9.59 Å². The van der Waals surface area contributed by atoms with E-state index in [0.29, 0.717) is 11.8 Å². The lowest BCUT2D eigenvalue weighted by atomic mass is 10.1. The van der Waals surface area contributed by atoms with Crippen LogP contribution in [-0.4, -0.2) is 30.3 Å². The SMILES string of the molecule is COC(=O)c1[nH]c(CC=O)c(C(=O)NCc2ccc(F)cc2)c(=O)c1OCc1ccccc1. The number of aromatic amines is 1. The zero-order valence-electron chi connectivity index (χ0n) is 17.7. The molecule has 0 atom stereocenters. The van der Waals surface area contributed by atoms with E-state index in [9.17, 15) is 23.6 Å². The number of aldehydes is 1. The zero-order chi connectivity index (χ0) is 23.8. The highest BCUT2D eigenvalue weighted by atomic mass is 19.1. The van der Waals surface area contributed by atoms with Gasteiger partial charge >= 0.3 is 5.97 Å². The molecule has 0 aliphatic heterocycles. The van der Waals surface area contributed by atoms with Crippen LogP contribution in [0.1, 0.15) is 37.7 Å². The number of amides is 1. The smallest absolute Gasteiger partial charge is 0.358 e. The molecule has 0 spiro atoms. The molecule has 33 heavy (non-hydrogen) atoms. The topological polar surface area (TPSA) is 115 Å². The second-order valence-corrected chi connectivity index (χ2v) is 6.96. The fourth-order valence-corrected chi connectivity index (χ4v) is 3.10. The molecule has 0 bridgehead atoms. The van der Waals surface area contributed by atoms with E-state index in [-0.39, 0.29) is 36.5 Å². The molecule has 0 radical (unpaired) electrons. The van der Waals surface area contributed by atoms with Crippen LogP contribution in [0, 0.1) is 5.82 Å². The second kappa shape index (κ2) is 10.9. The third-order valence-corrected chi connectivity index (χ3v) is 4.73. The largest absolute Gasteiger partial charge is 0.482 e. The Bertz CT molecular complexity index is 1210. The van der Waals surface area contributed by atoms with E-state index in [1.165, 1.54) is 24.3 Å². The van der Waals surface area contributed by atoms with E-state index >= 15 is 0 Å². The standard InChI is InChI=1S/C24H21FN2O6/c1-32-24(31)20-22(33-14-16-5-3-2-4-6-16)21(29)19(18(27-20)11-12-28)23(30)26-13-15-7-9-17(25)10-8-15/h2-10,12H,11,13-14H2,1H3,(H,26,30)(H,27,29). The number of benzene rings is 2. The van der Waals surface area contributed by atoms with Gasteiger partial charge < -0.3 is 24.6 Å². The number of carbonyl (C=O) groups is 3. The lowest BCUT2D eigenvalue weighted by molar-refractivity contribution is -0.107. The van der Waals surface area contributed by atoms with Crippen LogP contribution >= 0.6 is 0 Å². The van der Waals surface area contributed by atoms with Gasteiger partial charge in [0.25, 0.3) is 5.91 Å². The molecule has 0 aliphatic carbocycles. The number of nitrogens with one attached hydrogen (secondary N) is 2. The van der Waals surface area contributed by atoms with Crippen LogP contribution in [0.4, 0.5) is 4.39 Å². The average Bonchev–Trinajstić information content (AvgIpc) is 2.83. The summed E-state index contributed by atoms with van der Waals surface area (Å²) in [7, 11) is 1.13. The lowest BCUT2D eigenvalue weighted by Gasteiger charge is -2.15. The Hall–Kier alpha value is -4.27. The van der Waals surface area contributed by atoms with Crippen LogP contribution in [0.2, 0.25) is 0 Å². The van der Waals surface area contributed by atoms with Gasteiger partial charge in [-0.2, -0.15) is 0 Å². The van der Waals surface area contributed by atoms with Gasteiger partial charge in [-0.25, -0.2) is 9.18 Å². The second-order valence-electron chi connectivity index (χ2n) is 6.96. The highest BCUT2D eigenvalue weighted by molar-refractivity contribution is 5.98. The van der Waals surface area contributed by atoms with Crippen molar-refractivity contribution in [1.82, 2.24) is 10.3 Å². The van der Waals surface area contributed by atoms with Crippen molar-refractivity contribution in [3.8, 4) is 5.75 Å². The first-order chi connectivity index (χ1) is 15.9. The van der Waals surface area contributed by atoms with Crippen LogP contribution in [0.15, 0.2) is 59.4 Å². The van der Waals surface area contributed by atoms with Crippen molar-refractivity contribution in [3.05, 3.63) is 98.7 Å². The van der Waals surface area contributed by atoms with E-state index in [2.05, 4.69) is 10.3 Å². The number of halogens is 1. The fraction of sp³-hybridized carbons (Fsp3) is 0.167. The molecule has 1 heterocycles. The van der Waals surface area contributed by atoms with E-state index in [4.69, 9.17) is 9.47 Å². The molecule has 2 aromatic carbocycles. The summed E-state index contributed by atoms with van der Waals surface area (Å²) >= 11 is 0. The molecular weight excluding hydrogens is 431 g/mol. The molecule has 0 aliphatic rings. The number of methoxy groups -OCH3 is 1. The number of rotatable bonds is 9. The van der Waals surface area contributed by atoms with Crippen molar-refractivity contribution in [1.29, 1.82) is 0 Å². The van der Waals surface area contributed by atoms with Crippen molar-refractivity contribution in [3.63, 3.8) is 0 Å². The molecule has 0 saturated carbocycles. The van der Waals surface area contributed by atoms with Crippen LogP contribution in [0.5, 0.6) is 5.75 Å². The Labute approximate surface area is 188 Å². The maximum atomic E-state index is 13.2. The zero-order valence-corrected chi connectivity index (χ0v) is 17.7. The first-order valence-electron chi connectivity index (χ1n) is 9.95. The summed E-state index contributed by atoms with van der Waals surface area (Å²) in [5.74, 6) is -2.49. The molecule has 1 aromatic heterocycles. The summed E-state index contributed by atoms with van der Waals surface area (Å²) in [6, 6.07) is 14.4. The van der Waals surface area contributed by atoms with Crippen molar-refractivity contribution in [2.75, 3.05) is 7.11 Å². The Morgan fingerprint density at radius 2 is 1.76 bits per heavy atom. The third kappa shape index (κ3) is 5.70. The molecular formula is C24H21FN2O6. The summed E-state index contributed by atoms with van der Waals surface area (Å²) < 4.78 is 23.4. The summed E-state index contributed by atoms with van der Waals surface area (Å²) in [4.78, 5) is 52.2. The summed E-state index contributed by atoms with van der Waals surface area (Å²) in [6.07, 6.45) is 0.172. The van der Waals surface area contributed by atoms with Gasteiger partial charge in [0.05, 0.1) is 7.11 Å². The van der Waals surface area contributed by atoms with Crippen molar-refractivity contribution in [2.24, 2.45) is 0 Å². The summed E-state index contributed by atoms with van der Waals surface area (Å²) in [5.41, 5.74) is -0.250. The number of hydrogen-bond donors (Lipinski definition) is 2. The van der Waals surface area contributed by atoms with Gasteiger partial charge in [0.15, 0.2) is 11.4 Å². The molecule has 9 heteroatoms. The summed E-state index contributed by atoms with van der Waals surface area (Å²) in [5, 5.41) is 2.57. The molecule has 2 N–H and O–H groups in total. The first kappa shape index (κ1) is 23.4. The first-order valence-corrected chi connectivity index (χ1v) is 9.95. The molecule has 3 rings (SSSR count). The number of H-pyrrole nitrogens is 1. The minimum absolute atomic E-state index is 0.0119. The van der Waals surface area contributed by atoms with Crippen LogP contribution in [0.25, 0.3) is 0 Å². The van der Waals surface area contributed by atoms with E-state index in [1.54, 1.807) is 24.3 Å². The molecule has 3 aromatic rings. The molecule has 170 valence electrons. The van der Waals surface area contributed by atoms with Crippen molar-refractivity contribution < 1.29 is 28.2 Å². The number of pyridine rings is 1. The van der Waals surface area contributed by atoms with Gasteiger partial charge in [-0.15, -0.1) is 0 Å². The average molecular weight is 452 g/mol. The van der Waals surface area contributed by atoms with Crippen LogP contribution in [-0.2, 0) is 29.1 Å². The Kier molecular flexibility index (Phi) is 7.69. The Morgan fingerprint density at radius 1 is 1.06 bits per heavy atom. The fourth-order valence-electron chi connectivity index (χ4n) is 3.10. The number of hydrogen-bond acceptors (Lipinski definition) is 6. The molecule has 0 fully saturated rings. The van der Waals surface area contributed by atoms with Gasteiger partial charge in [0, 0.05) is 18.7 Å². The molecule has 8 nitrogen and oxygen atoms in total. The predicted molar refractivity (Wildman–Crippen MR) is 117 cm³/mol. The Balaban J connectivity index is 1.98. The predicted octanol–water partition coefficient (Wildman–Crippen LogP) is 2.55. The van der Waals surface area contributed by atoms with Gasteiger partial charge in [0.1, 0.15) is 24.3 Å². The number of esters is 1. The van der Waals surface area contributed by atoms with Crippen LogP contribution in [0.3, 0.4) is 0 Å². The van der Waals surface area contributed by atoms with Crippen molar-refractivity contribution >= 4 is 18.2 Å². The maximum Gasteiger partial charge on any atom is 0.358 e. The van der Waals surface area contributed by atoms with Gasteiger partial charge in [-0.1, -0.05) is 42.5 Å². The Morgan fingerprint density at radius 3 is 2.39 bits per heavy atom. The minimum atomic E-state index is -0.888. The number of aromatic nitrogens is 1. The number of carbonyl (C=O) groups excluding carboxylic acids is 3. The normalized spacial score (nSPS) is 10.4. The van der Waals surface area contributed by atoms with E-state index in [1.807, 2.05) is 6.07 Å². The maximum absolute atomic E-state index is 13.2. The lowest BCUT2D eigenvalue weighted by Crippen LogP contribution is -2.32. The molecule has 0 saturated heterocycles. The van der Waals surface area contributed by atoms with E-state index < -0.39 is 28.9 Å². The summed E-state index contributed by atoms with van der Waals surface area (Å²) in [6.45, 7) is -0.0321.